The van der Waals surface area contributed by atoms with E-state index in [4.69, 9.17) is 10.3 Å². The van der Waals surface area contributed by atoms with Gasteiger partial charge in [0.2, 0.25) is 11.7 Å². The lowest BCUT2D eigenvalue weighted by atomic mass is 9.99. The molecule has 0 heterocycles. The fourth-order valence-electron chi connectivity index (χ4n) is 2.99. The average Bonchev–Trinajstić information content (AvgIpc) is 3.20. The molecule has 8 heteroatoms. The molecule has 2 aliphatic rings. The second-order valence-corrected chi connectivity index (χ2v) is 6.45. The Morgan fingerprint density at radius 3 is 2.46 bits per heavy atom. The minimum Gasteiger partial charge on any atom is -0.480 e. The zero-order valence-electron chi connectivity index (χ0n) is 13.5. The van der Waals surface area contributed by atoms with Crippen LogP contribution in [0.3, 0.4) is 0 Å². The van der Waals surface area contributed by atoms with Gasteiger partial charge in [-0.25, -0.2) is 4.79 Å². The van der Waals surface area contributed by atoms with E-state index in [9.17, 15) is 19.5 Å². The van der Waals surface area contributed by atoms with Crippen LogP contribution in [0, 0.1) is 5.92 Å². The first-order valence-corrected chi connectivity index (χ1v) is 8.40. The van der Waals surface area contributed by atoms with Crippen molar-refractivity contribution in [3.05, 3.63) is 5.53 Å². The maximum Gasteiger partial charge on any atom is 0.326 e. The van der Waals surface area contributed by atoms with E-state index in [2.05, 4.69) is 10.1 Å². The zero-order valence-corrected chi connectivity index (χ0v) is 13.5. The Bertz CT molecular complexity index is 534. The van der Waals surface area contributed by atoms with Gasteiger partial charge in [0.1, 0.15) is 12.1 Å². The summed E-state index contributed by atoms with van der Waals surface area (Å²) in [6, 6.07) is -1.17. The Morgan fingerprint density at radius 1 is 1.25 bits per heavy atom. The molecule has 2 fully saturated rings. The molecule has 0 aromatic rings. The first-order chi connectivity index (χ1) is 11.5. The van der Waals surface area contributed by atoms with E-state index in [0.717, 1.165) is 44.7 Å². The van der Waals surface area contributed by atoms with Gasteiger partial charge in [-0.15, -0.1) is 0 Å². The quantitative estimate of drug-likeness (QED) is 0.348. The fourth-order valence-corrected chi connectivity index (χ4v) is 2.99. The lowest BCUT2D eigenvalue weighted by Crippen LogP contribution is -2.48. The van der Waals surface area contributed by atoms with Crippen molar-refractivity contribution in [3.8, 4) is 0 Å². The van der Waals surface area contributed by atoms with Crippen LogP contribution in [0.4, 0.5) is 0 Å². The van der Waals surface area contributed by atoms with Gasteiger partial charge in [-0.05, 0) is 38.0 Å². The number of aliphatic carboxylic acids is 1. The molecule has 2 rings (SSSR count). The van der Waals surface area contributed by atoms with Crippen LogP contribution in [0.2, 0.25) is 0 Å². The van der Waals surface area contributed by atoms with Crippen molar-refractivity contribution in [2.24, 2.45) is 5.92 Å². The minimum absolute atomic E-state index is 0.0628. The third-order valence-corrected chi connectivity index (χ3v) is 4.45. The highest BCUT2D eigenvalue weighted by molar-refractivity contribution is 6.25. The summed E-state index contributed by atoms with van der Waals surface area (Å²) in [7, 11) is 0. The first-order valence-electron chi connectivity index (χ1n) is 8.40. The van der Waals surface area contributed by atoms with E-state index in [1.807, 2.05) is 0 Å². The normalized spacial score (nSPS) is 20.0. The zero-order chi connectivity index (χ0) is 17.5. The van der Waals surface area contributed by atoms with Crippen molar-refractivity contribution in [1.29, 1.82) is 0 Å². The maximum atomic E-state index is 12.5. The van der Waals surface area contributed by atoms with E-state index in [1.54, 1.807) is 0 Å². The van der Waals surface area contributed by atoms with Crippen molar-refractivity contribution in [2.75, 3.05) is 0 Å². The number of ketones is 1. The second kappa shape index (κ2) is 8.70. The van der Waals surface area contributed by atoms with Crippen LogP contribution in [0.25, 0.3) is 5.53 Å². The van der Waals surface area contributed by atoms with Crippen LogP contribution in [0.5, 0.6) is 0 Å². The first kappa shape index (κ1) is 18.3. The van der Waals surface area contributed by atoms with Crippen molar-refractivity contribution in [2.45, 2.75) is 69.6 Å². The molecule has 0 aromatic carbocycles. The Labute approximate surface area is 140 Å². The molecule has 0 aromatic heterocycles. The van der Waals surface area contributed by atoms with Crippen LogP contribution in [-0.4, -0.2) is 52.0 Å². The molecular weight excluding hydrogens is 314 g/mol. The summed E-state index contributed by atoms with van der Waals surface area (Å²) in [5, 5.41) is 11.8. The lowest BCUT2D eigenvalue weighted by Gasteiger charge is -2.25. The van der Waals surface area contributed by atoms with Gasteiger partial charge < -0.3 is 20.7 Å². The van der Waals surface area contributed by atoms with E-state index in [0.29, 0.717) is 0 Å². The number of carboxylic acid groups (broad SMARTS) is 1. The topological polar surface area (TPSA) is 129 Å². The summed E-state index contributed by atoms with van der Waals surface area (Å²) in [5.74, 6) is -1.99. The Balaban J connectivity index is 1.94. The highest BCUT2D eigenvalue weighted by Crippen LogP contribution is 2.34. The van der Waals surface area contributed by atoms with Crippen LogP contribution in [-0.2, 0) is 19.1 Å². The molecular formula is C16H23N3O5. The molecule has 2 aliphatic carbocycles. The summed E-state index contributed by atoms with van der Waals surface area (Å²) in [5.41, 5.74) is 8.29. The second-order valence-electron chi connectivity index (χ2n) is 6.45. The van der Waals surface area contributed by atoms with Crippen LogP contribution < -0.4 is 5.32 Å². The number of ether oxygens (including phenoxy) is 1. The molecule has 0 spiro atoms. The van der Waals surface area contributed by atoms with E-state index >= 15 is 0 Å². The van der Waals surface area contributed by atoms with Gasteiger partial charge in [0.05, 0.1) is 6.10 Å². The highest BCUT2D eigenvalue weighted by atomic mass is 16.5. The van der Waals surface area contributed by atoms with Crippen LogP contribution in [0.1, 0.15) is 51.4 Å². The smallest absolute Gasteiger partial charge is 0.326 e. The summed E-state index contributed by atoms with van der Waals surface area (Å²) in [4.78, 5) is 37.8. The summed E-state index contributed by atoms with van der Waals surface area (Å²) in [6.07, 6.45) is 5.83. The summed E-state index contributed by atoms with van der Waals surface area (Å²) >= 11 is 0. The number of hydrogen-bond donors (Lipinski definition) is 2. The number of hydrogen-bond acceptors (Lipinski definition) is 4. The fraction of sp³-hybridized carbons (Fsp3) is 0.750. The Hall–Kier alpha value is -2.05. The van der Waals surface area contributed by atoms with Crippen LogP contribution >= 0.6 is 0 Å². The van der Waals surface area contributed by atoms with Crippen molar-refractivity contribution in [3.63, 3.8) is 0 Å². The molecule has 2 N–H and O–H groups in total. The van der Waals surface area contributed by atoms with Gasteiger partial charge in [-0.3, -0.25) is 9.59 Å². The monoisotopic (exact) mass is 337 g/mol. The molecule has 2 atom stereocenters. The molecule has 0 bridgehead atoms. The molecule has 8 nitrogen and oxygen atoms in total. The third-order valence-electron chi connectivity index (χ3n) is 4.45. The number of carbonyl (C=O) groups excluding carboxylic acids is 2. The van der Waals surface area contributed by atoms with Crippen molar-refractivity contribution < 1.29 is 29.0 Å². The standard InChI is InChI=1S/C16H23N3O5/c17-18-9-11(20)5-8-13(16(22)23)19-15(21)14(24-12-6-7-12)10-3-1-2-4-10/h9-10,12-14H,1-8H2,(H,19,21)(H,22,23). The molecule has 2 saturated carbocycles. The van der Waals surface area contributed by atoms with Crippen LogP contribution in [0.15, 0.2) is 0 Å². The average molecular weight is 337 g/mol. The number of nitrogens with zero attached hydrogens (tertiary/aromatic N) is 2. The Kier molecular flexibility index (Phi) is 6.63. The van der Waals surface area contributed by atoms with Gasteiger partial charge in [0.15, 0.2) is 0 Å². The molecule has 1 amide bonds. The largest absolute Gasteiger partial charge is 0.480 e. The summed E-state index contributed by atoms with van der Waals surface area (Å²) in [6.45, 7) is 0. The molecule has 24 heavy (non-hydrogen) atoms. The number of nitrogens with one attached hydrogen (secondary N) is 1. The highest BCUT2D eigenvalue weighted by Gasteiger charge is 2.37. The molecule has 132 valence electrons. The molecule has 0 saturated heterocycles. The summed E-state index contributed by atoms with van der Waals surface area (Å²) < 4.78 is 5.83. The van der Waals surface area contributed by atoms with Crippen molar-refractivity contribution in [1.82, 2.24) is 5.32 Å². The van der Waals surface area contributed by atoms with Gasteiger partial charge >= 0.3 is 12.2 Å². The number of carbonyl (C=O) groups is 3. The molecule has 0 aliphatic heterocycles. The van der Waals surface area contributed by atoms with Crippen molar-refractivity contribution >= 4 is 23.9 Å². The number of amides is 1. The van der Waals surface area contributed by atoms with Gasteiger partial charge in [0.25, 0.3) is 0 Å². The van der Waals surface area contributed by atoms with E-state index < -0.39 is 29.8 Å². The Morgan fingerprint density at radius 2 is 1.92 bits per heavy atom. The number of carboxylic acids is 1. The predicted octanol–water partition coefficient (Wildman–Crippen LogP) is 0.943. The van der Waals surface area contributed by atoms with Gasteiger partial charge in [0, 0.05) is 6.42 Å². The minimum atomic E-state index is -1.20. The number of Topliss-reactive ketones (excluding diaryl/α,β-unsaturated/α-hetero) is 1. The maximum absolute atomic E-state index is 12.5. The SMILES string of the molecule is [N-]=[N+]=CC(=O)CCC(NC(=O)C(OC1CC1)C1CCCC1)C(=O)O. The molecule has 0 radical (unpaired) electrons. The number of rotatable bonds is 10. The van der Waals surface area contributed by atoms with Gasteiger partial charge in [-0.2, -0.15) is 4.79 Å². The predicted molar refractivity (Wildman–Crippen MR) is 83.3 cm³/mol. The van der Waals surface area contributed by atoms with E-state index in [1.165, 1.54) is 0 Å². The third kappa shape index (κ3) is 5.54. The lowest BCUT2D eigenvalue weighted by molar-refractivity contribution is -0.146. The molecule has 2 unspecified atom stereocenters. The van der Waals surface area contributed by atoms with E-state index in [-0.39, 0.29) is 24.9 Å². The van der Waals surface area contributed by atoms with Gasteiger partial charge in [-0.1, -0.05) is 12.8 Å².